The maximum atomic E-state index is 6.20. The molecule has 146 valence electrons. The number of rotatable bonds is 4. The van der Waals surface area contributed by atoms with Crippen LogP contribution < -0.4 is 0 Å². The summed E-state index contributed by atoms with van der Waals surface area (Å²) >= 11 is 29.9. The molecule has 0 spiro atoms. The van der Waals surface area contributed by atoms with Crippen LogP contribution in [0.1, 0.15) is 5.56 Å². The van der Waals surface area contributed by atoms with Crippen LogP contribution >= 0.6 is 74.8 Å². The minimum atomic E-state index is -3.03. The molecular weight excluding hydrogens is 528 g/mol. The average molecular weight is 541 g/mol. The van der Waals surface area contributed by atoms with E-state index in [9.17, 15) is 0 Å². The topological polar surface area (TPSA) is 46.3 Å². The molecule has 1 unspecified atom stereocenters. The summed E-state index contributed by atoms with van der Waals surface area (Å²) in [4.78, 5) is 0. The van der Waals surface area contributed by atoms with Crippen molar-refractivity contribution < 1.29 is 21.6 Å². The van der Waals surface area contributed by atoms with Gasteiger partial charge >= 0.3 is 0 Å². The standard InChI is InChI=1S/C7H8Cl5N3OP3.C5H5.Fe/c8-17(9)13-18(10,11)15-19(12,14-17)16-6-5-7-3-1-2-4-7;1-2-4-5-3-1;/h1-4H,5-6H2;1-5H;/q-1;-5;. The van der Waals surface area contributed by atoms with Gasteiger partial charge in [-0.2, -0.15) is 31.2 Å². The second kappa shape index (κ2) is 10.8. The third-order valence-corrected chi connectivity index (χ3v) is 14.7. The van der Waals surface area contributed by atoms with Crippen LogP contribution in [0.25, 0.3) is 0 Å². The first-order valence-electron chi connectivity index (χ1n) is 6.61. The van der Waals surface area contributed by atoms with Crippen molar-refractivity contribution in [1.82, 2.24) is 0 Å². The van der Waals surface area contributed by atoms with Gasteiger partial charge in [0.15, 0.2) is 0 Å². The second-order valence-electron chi connectivity index (χ2n) is 4.49. The van der Waals surface area contributed by atoms with Gasteiger partial charge in [0, 0.05) is 23.7 Å². The summed E-state index contributed by atoms with van der Waals surface area (Å²) in [7, 11) is 0. The molecule has 1 aliphatic rings. The van der Waals surface area contributed by atoms with Gasteiger partial charge in [0.25, 0.3) is 18.6 Å². The molecule has 13 heteroatoms. The molecular formula is C12H13Cl5FeN3OP3-6. The molecule has 0 radical (unpaired) electrons. The zero-order chi connectivity index (χ0) is 17.7. The summed E-state index contributed by atoms with van der Waals surface area (Å²) in [6, 6.07) is 17.8. The Kier molecular flexibility index (Phi) is 10.5. The fourth-order valence-electron chi connectivity index (χ4n) is 1.68. The summed E-state index contributed by atoms with van der Waals surface area (Å²) in [5.41, 5.74) is 1.13. The van der Waals surface area contributed by atoms with Crippen molar-refractivity contribution >= 4 is 74.8 Å². The fourth-order valence-corrected chi connectivity index (χ4v) is 18.3. The molecule has 0 N–H and O–H groups in total. The van der Waals surface area contributed by atoms with Crippen molar-refractivity contribution in [1.29, 1.82) is 0 Å². The normalized spacial score (nSPS) is 22.9. The average Bonchev–Trinajstić information content (AvgIpc) is 3.10. The minimum absolute atomic E-state index is 0. The molecule has 0 saturated carbocycles. The van der Waals surface area contributed by atoms with Gasteiger partial charge in [-0.1, -0.05) is 0 Å². The van der Waals surface area contributed by atoms with E-state index in [1.54, 1.807) is 0 Å². The predicted molar refractivity (Wildman–Crippen MR) is 111 cm³/mol. The Hall–Kier alpha value is 1.32. The maximum absolute atomic E-state index is 6.20. The Balaban J connectivity index is 0.000000448. The SMILES string of the molecule is ClP1(Cl)=NP(Cl)(Cl)=NP(Cl)(OCC[c-]2cccc2)=N1.[Fe].[cH-]1[cH-][cH-][cH-][cH-]1. The summed E-state index contributed by atoms with van der Waals surface area (Å²) in [5.74, 6) is -6.00. The van der Waals surface area contributed by atoms with E-state index in [2.05, 4.69) is 13.5 Å². The van der Waals surface area contributed by atoms with Crippen LogP contribution in [0.4, 0.5) is 0 Å². The third kappa shape index (κ3) is 9.38. The van der Waals surface area contributed by atoms with E-state index in [4.69, 9.17) is 60.7 Å². The predicted octanol–water partition coefficient (Wildman–Crippen LogP) is 9.41. The van der Waals surface area contributed by atoms with E-state index in [0.29, 0.717) is 13.0 Å². The Morgan fingerprint density at radius 3 is 1.76 bits per heavy atom. The van der Waals surface area contributed by atoms with Crippen LogP contribution in [0.5, 0.6) is 0 Å². The molecule has 0 fully saturated rings. The van der Waals surface area contributed by atoms with Gasteiger partial charge in [-0.05, 0) is 62.6 Å². The molecule has 1 atom stereocenters. The molecule has 1 heterocycles. The molecule has 1 aliphatic heterocycles. The molecule has 4 nitrogen and oxygen atoms in total. The van der Waals surface area contributed by atoms with Crippen LogP contribution in [0, 0.1) is 0 Å². The van der Waals surface area contributed by atoms with Crippen LogP contribution in [0.15, 0.2) is 68.1 Å². The van der Waals surface area contributed by atoms with Crippen molar-refractivity contribution in [3.8, 4) is 0 Å². The second-order valence-corrected chi connectivity index (χ2v) is 17.7. The van der Waals surface area contributed by atoms with Crippen LogP contribution in [0.3, 0.4) is 0 Å². The molecule has 0 aromatic heterocycles. The summed E-state index contributed by atoms with van der Waals surface area (Å²) in [6.07, 6.45) is 0.676. The smallest absolute Gasteiger partial charge is 0.299 e. The Bertz CT molecular complexity index is 773. The maximum Gasteiger partial charge on any atom is 0.299 e. The molecule has 2 aromatic carbocycles. The summed E-state index contributed by atoms with van der Waals surface area (Å²) in [6.45, 7) is -2.70. The fraction of sp³-hybridized carbons (Fsp3) is 0.167. The zero-order valence-corrected chi connectivity index (χ0v) is 20.0. The van der Waals surface area contributed by atoms with Gasteiger partial charge in [0.05, 0.1) is 0 Å². The van der Waals surface area contributed by atoms with Crippen molar-refractivity contribution in [2.45, 2.75) is 6.42 Å². The van der Waals surface area contributed by atoms with Crippen molar-refractivity contribution in [3.63, 3.8) is 0 Å². The van der Waals surface area contributed by atoms with Crippen molar-refractivity contribution in [2.24, 2.45) is 13.5 Å². The first kappa shape index (κ1) is 24.4. The van der Waals surface area contributed by atoms with E-state index in [0.717, 1.165) is 5.56 Å². The number of nitrogens with zero attached hydrogens (tertiary/aromatic N) is 3. The molecule has 2 aromatic rings. The quantitative estimate of drug-likeness (QED) is 0.216. The third-order valence-electron chi connectivity index (χ3n) is 2.58. The minimum Gasteiger partial charge on any atom is -0.748 e. The number of hydrogen-bond donors (Lipinski definition) is 0. The molecule has 0 aliphatic carbocycles. The van der Waals surface area contributed by atoms with Crippen LogP contribution in [0.2, 0.25) is 0 Å². The van der Waals surface area contributed by atoms with E-state index < -0.39 is 18.6 Å². The largest absolute Gasteiger partial charge is 0.748 e. The van der Waals surface area contributed by atoms with Crippen molar-refractivity contribution in [3.05, 3.63) is 60.2 Å². The Labute approximate surface area is 182 Å². The zero-order valence-electron chi connectivity index (χ0n) is 12.4. The molecule has 3 rings (SSSR count). The van der Waals surface area contributed by atoms with E-state index in [1.807, 2.05) is 54.6 Å². The first-order valence-corrected chi connectivity index (χ1v) is 16.1. The molecule has 0 bridgehead atoms. The molecule has 0 saturated heterocycles. The van der Waals surface area contributed by atoms with Gasteiger partial charge in [-0.15, -0.1) is 0 Å². The first-order chi connectivity index (χ1) is 11.2. The van der Waals surface area contributed by atoms with E-state index in [1.165, 1.54) is 0 Å². The van der Waals surface area contributed by atoms with Gasteiger partial charge in [0.2, 0.25) is 0 Å². The Morgan fingerprint density at radius 2 is 1.28 bits per heavy atom. The Morgan fingerprint density at radius 1 is 0.800 bits per heavy atom. The number of halogens is 5. The number of hydrogen-bond acceptors (Lipinski definition) is 4. The van der Waals surface area contributed by atoms with Gasteiger partial charge < -0.3 is 34.9 Å². The van der Waals surface area contributed by atoms with E-state index in [-0.39, 0.29) is 17.1 Å². The molecule has 25 heavy (non-hydrogen) atoms. The monoisotopic (exact) mass is 539 g/mol. The van der Waals surface area contributed by atoms with Crippen LogP contribution in [-0.4, -0.2) is 6.61 Å². The van der Waals surface area contributed by atoms with Crippen LogP contribution in [-0.2, 0) is 28.0 Å². The summed E-state index contributed by atoms with van der Waals surface area (Å²) < 4.78 is 17.3. The summed E-state index contributed by atoms with van der Waals surface area (Å²) in [5, 5.41) is 0. The van der Waals surface area contributed by atoms with Gasteiger partial charge in [-0.3, -0.25) is 0 Å². The van der Waals surface area contributed by atoms with Crippen molar-refractivity contribution in [2.75, 3.05) is 6.61 Å². The van der Waals surface area contributed by atoms with Gasteiger partial charge in [-0.25, -0.2) is 12.1 Å². The van der Waals surface area contributed by atoms with E-state index >= 15 is 0 Å². The van der Waals surface area contributed by atoms with Gasteiger partial charge in [0.1, 0.15) is 0 Å². The molecule has 0 amide bonds.